The summed E-state index contributed by atoms with van der Waals surface area (Å²) >= 11 is 0. The van der Waals surface area contributed by atoms with E-state index in [2.05, 4.69) is 20.9 Å². The molecule has 0 fully saturated rings. The maximum Gasteiger partial charge on any atom is 0.326 e. The monoisotopic (exact) mass is 573 g/mol. The summed E-state index contributed by atoms with van der Waals surface area (Å²) in [7, 11) is 0. The zero-order valence-corrected chi connectivity index (χ0v) is 23.7. The van der Waals surface area contributed by atoms with Gasteiger partial charge in [0.1, 0.15) is 18.1 Å². The quantitative estimate of drug-likeness (QED) is 0.113. The molecule has 2 rings (SSSR count). The highest BCUT2D eigenvalue weighted by Gasteiger charge is 2.30. The average molecular weight is 574 g/mol. The smallest absolute Gasteiger partial charge is 0.326 e. The van der Waals surface area contributed by atoms with Gasteiger partial charge in [0.2, 0.25) is 23.6 Å². The van der Waals surface area contributed by atoms with E-state index >= 15 is 0 Å². The Bertz CT molecular complexity index is 1200. The summed E-state index contributed by atoms with van der Waals surface area (Å²) in [4.78, 5) is 65.7. The third kappa shape index (κ3) is 10.8. The minimum Gasteiger partial charge on any atom is -0.480 e. The van der Waals surface area contributed by atoms with E-state index in [-0.39, 0.29) is 38.0 Å². The summed E-state index contributed by atoms with van der Waals surface area (Å²) in [6, 6.07) is 3.12. The molecule has 4 atom stereocenters. The molecule has 226 valence electrons. The van der Waals surface area contributed by atoms with Crippen LogP contribution in [0.25, 0.3) is 10.9 Å². The van der Waals surface area contributed by atoms with Gasteiger partial charge in [-0.2, -0.15) is 0 Å². The molecule has 2 aromatic rings. The number of H-pyrrole nitrogens is 1. The Morgan fingerprint density at radius 1 is 0.902 bits per heavy atom. The van der Waals surface area contributed by atoms with E-state index in [1.54, 1.807) is 6.20 Å². The number of carboxylic acid groups (broad SMARTS) is 1. The van der Waals surface area contributed by atoms with Crippen molar-refractivity contribution in [2.24, 2.45) is 23.1 Å². The molecule has 0 aliphatic carbocycles. The van der Waals surface area contributed by atoms with Crippen molar-refractivity contribution in [2.75, 3.05) is 6.54 Å². The molecule has 1 heterocycles. The fourth-order valence-corrected chi connectivity index (χ4v) is 4.46. The Labute approximate surface area is 239 Å². The van der Waals surface area contributed by atoms with Crippen LogP contribution >= 0.6 is 0 Å². The number of nitrogens with one attached hydrogen (secondary N) is 4. The maximum atomic E-state index is 13.3. The summed E-state index contributed by atoms with van der Waals surface area (Å²) in [5.74, 6) is -3.86. The molecule has 1 aromatic heterocycles. The fourth-order valence-electron chi connectivity index (χ4n) is 4.46. The first-order valence-electron chi connectivity index (χ1n) is 13.9. The van der Waals surface area contributed by atoms with Gasteiger partial charge in [-0.25, -0.2) is 4.79 Å². The second-order valence-electron chi connectivity index (χ2n) is 10.6. The summed E-state index contributed by atoms with van der Waals surface area (Å²) in [6.07, 6.45) is 3.11. The van der Waals surface area contributed by atoms with Crippen LogP contribution in [0.2, 0.25) is 0 Å². The lowest BCUT2D eigenvalue weighted by atomic mass is 10.0. The number of carboxylic acids is 1. The maximum absolute atomic E-state index is 13.3. The van der Waals surface area contributed by atoms with Crippen LogP contribution in [0.3, 0.4) is 0 Å². The third-order valence-electron chi connectivity index (χ3n) is 6.67. The molecule has 0 aliphatic heterocycles. The number of aromatic amines is 1. The first kappa shape index (κ1) is 33.2. The van der Waals surface area contributed by atoms with Gasteiger partial charge in [-0.15, -0.1) is 0 Å². The van der Waals surface area contributed by atoms with E-state index < -0.39 is 53.8 Å². The Kier molecular flexibility index (Phi) is 13.2. The molecule has 1 aromatic carbocycles. The number of carbonyl (C=O) groups is 5. The van der Waals surface area contributed by atoms with Crippen LogP contribution in [0.1, 0.15) is 57.9 Å². The first-order valence-corrected chi connectivity index (χ1v) is 13.9. The number of rotatable bonds is 18. The molecular weight excluding hydrogens is 530 g/mol. The molecule has 13 nitrogen and oxygen atoms in total. The van der Waals surface area contributed by atoms with Crippen molar-refractivity contribution in [1.82, 2.24) is 20.9 Å². The van der Waals surface area contributed by atoms with Gasteiger partial charge >= 0.3 is 5.97 Å². The Morgan fingerprint density at radius 2 is 1.51 bits per heavy atom. The van der Waals surface area contributed by atoms with Crippen molar-refractivity contribution in [1.29, 1.82) is 0 Å². The van der Waals surface area contributed by atoms with Crippen molar-refractivity contribution in [3.05, 3.63) is 36.0 Å². The highest BCUT2D eigenvalue weighted by Crippen LogP contribution is 2.19. The predicted octanol–water partition coefficient (Wildman–Crippen LogP) is 0.0173. The SMILES string of the molecule is CC(C)CC(NC(=O)C(CCCCN)NC(=O)C(CCC(N)=O)NC(=O)C(N)Cc1c[nH]c2ccccc12)C(=O)O. The van der Waals surface area contributed by atoms with Crippen LogP contribution in [0.5, 0.6) is 0 Å². The van der Waals surface area contributed by atoms with E-state index in [9.17, 15) is 29.1 Å². The van der Waals surface area contributed by atoms with Crippen molar-refractivity contribution in [3.8, 4) is 0 Å². The lowest BCUT2D eigenvalue weighted by Gasteiger charge is -2.25. The molecule has 13 heteroatoms. The lowest BCUT2D eigenvalue weighted by molar-refractivity contribution is -0.142. The normalized spacial score (nSPS) is 14.2. The largest absolute Gasteiger partial charge is 0.480 e. The number of fused-ring (bicyclic) bond motifs is 1. The minimum absolute atomic E-state index is 0.00328. The van der Waals surface area contributed by atoms with Gasteiger partial charge in [-0.05, 0) is 62.6 Å². The number of para-hydroxylation sites is 1. The minimum atomic E-state index is -1.21. The summed E-state index contributed by atoms with van der Waals surface area (Å²) < 4.78 is 0. The zero-order chi connectivity index (χ0) is 30.5. The van der Waals surface area contributed by atoms with Crippen LogP contribution in [-0.4, -0.2) is 70.4 Å². The topological polar surface area (TPSA) is 236 Å². The van der Waals surface area contributed by atoms with Crippen LogP contribution in [0, 0.1) is 5.92 Å². The summed E-state index contributed by atoms with van der Waals surface area (Å²) in [5.41, 5.74) is 18.8. The van der Waals surface area contributed by atoms with Gasteiger partial charge in [-0.3, -0.25) is 19.2 Å². The summed E-state index contributed by atoms with van der Waals surface area (Å²) in [5, 5.41) is 18.2. The molecule has 0 bridgehead atoms. The number of hydrogen-bond donors (Lipinski definition) is 8. The van der Waals surface area contributed by atoms with Crippen molar-refractivity contribution in [2.45, 2.75) is 83.0 Å². The van der Waals surface area contributed by atoms with Crippen LogP contribution in [-0.2, 0) is 30.4 Å². The van der Waals surface area contributed by atoms with E-state index in [0.717, 1.165) is 16.5 Å². The highest BCUT2D eigenvalue weighted by atomic mass is 16.4. The molecule has 0 radical (unpaired) electrons. The van der Waals surface area contributed by atoms with E-state index in [0.29, 0.717) is 19.4 Å². The van der Waals surface area contributed by atoms with Gasteiger partial charge in [0.15, 0.2) is 0 Å². The molecule has 41 heavy (non-hydrogen) atoms. The van der Waals surface area contributed by atoms with Gasteiger partial charge in [-0.1, -0.05) is 32.0 Å². The van der Waals surface area contributed by atoms with Gasteiger partial charge < -0.3 is 43.2 Å². The predicted molar refractivity (Wildman–Crippen MR) is 154 cm³/mol. The van der Waals surface area contributed by atoms with Gasteiger partial charge in [0, 0.05) is 23.5 Å². The van der Waals surface area contributed by atoms with Crippen molar-refractivity contribution in [3.63, 3.8) is 0 Å². The number of aliphatic carboxylic acids is 1. The Hall–Kier alpha value is -3.97. The number of primary amides is 1. The van der Waals surface area contributed by atoms with E-state index in [4.69, 9.17) is 17.2 Å². The second-order valence-corrected chi connectivity index (χ2v) is 10.6. The zero-order valence-electron chi connectivity index (χ0n) is 23.7. The number of hydrogen-bond acceptors (Lipinski definition) is 7. The Morgan fingerprint density at radius 3 is 2.12 bits per heavy atom. The number of aromatic nitrogens is 1. The first-order chi connectivity index (χ1) is 19.4. The number of amides is 4. The van der Waals surface area contributed by atoms with Crippen LogP contribution < -0.4 is 33.2 Å². The molecule has 11 N–H and O–H groups in total. The molecule has 0 saturated heterocycles. The highest BCUT2D eigenvalue weighted by molar-refractivity contribution is 5.94. The lowest BCUT2D eigenvalue weighted by Crippen LogP contribution is -2.57. The molecule has 4 amide bonds. The van der Waals surface area contributed by atoms with Crippen molar-refractivity contribution >= 4 is 40.5 Å². The summed E-state index contributed by atoms with van der Waals surface area (Å²) in [6.45, 7) is 4.04. The van der Waals surface area contributed by atoms with E-state index in [1.807, 2.05) is 38.1 Å². The number of nitrogens with two attached hydrogens (primary N) is 3. The third-order valence-corrected chi connectivity index (χ3v) is 6.67. The molecule has 4 unspecified atom stereocenters. The average Bonchev–Trinajstić information content (AvgIpc) is 3.32. The molecule has 0 aliphatic rings. The standard InChI is InChI=1S/C28H43N7O6/c1-16(2)13-23(28(40)41)35-26(38)21(9-5-6-12-29)34-27(39)22(10-11-24(31)36)33-25(37)19(30)14-17-15-32-20-8-4-3-7-18(17)20/h3-4,7-8,15-16,19,21-23,32H,5-6,9-14,29-30H2,1-2H3,(H2,31,36)(H,33,37)(H,34,39)(H,35,38)(H,40,41). The van der Waals surface area contributed by atoms with Gasteiger partial charge in [0.25, 0.3) is 0 Å². The molecular formula is C28H43N7O6. The number of carbonyl (C=O) groups excluding carboxylic acids is 4. The fraction of sp³-hybridized carbons (Fsp3) is 0.536. The van der Waals surface area contributed by atoms with Crippen LogP contribution in [0.4, 0.5) is 0 Å². The Balaban J connectivity index is 2.15. The molecule has 0 spiro atoms. The van der Waals surface area contributed by atoms with Crippen LogP contribution in [0.15, 0.2) is 30.5 Å². The van der Waals surface area contributed by atoms with E-state index in [1.165, 1.54) is 0 Å². The molecule has 0 saturated carbocycles. The van der Waals surface area contributed by atoms with Crippen molar-refractivity contribution < 1.29 is 29.1 Å². The number of benzene rings is 1. The number of unbranched alkanes of at least 4 members (excludes halogenated alkanes) is 1. The second kappa shape index (κ2) is 16.3. The van der Waals surface area contributed by atoms with Gasteiger partial charge in [0.05, 0.1) is 6.04 Å².